The van der Waals surface area contributed by atoms with Crippen LogP contribution >= 0.6 is 0 Å². The van der Waals surface area contributed by atoms with E-state index in [1.54, 1.807) is 28.4 Å². The average molecular weight is 400 g/mol. The third kappa shape index (κ3) is 4.67. The molecule has 2 N–H and O–H groups in total. The van der Waals surface area contributed by atoms with Crippen LogP contribution in [-0.4, -0.2) is 41.0 Å². The van der Waals surface area contributed by atoms with E-state index in [2.05, 4.69) is 10.6 Å². The van der Waals surface area contributed by atoms with Crippen molar-refractivity contribution in [3.63, 3.8) is 0 Å². The molecule has 0 radical (unpaired) electrons. The van der Waals surface area contributed by atoms with Crippen molar-refractivity contribution in [2.45, 2.75) is 25.3 Å². The van der Waals surface area contributed by atoms with Gasteiger partial charge in [-0.3, -0.25) is 0 Å². The van der Waals surface area contributed by atoms with Crippen LogP contribution in [0.1, 0.15) is 29.2 Å². The van der Waals surface area contributed by atoms with Crippen LogP contribution in [0.15, 0.2) is 30.3 Å². The summed E-state index contributed by atoms with van der Waals surface area (Å²) < 4.78 is 21.3. The number of amides is 2. The summed E-state index contributed by atoms with van der Waals surface area (Å²) in [6.07, 6.45) is 2.45. The van der Waals surface area contributed by atoms with Gasteiger partial charge in [0.25, 0.3) is 0 Å². The van der Waals surface area contributed by atoms with E-state index in [1.165, 1.54) is 5.56 Å². The van der Waals surface area contributed by atoms with Gasteiger partial charge in [0.05, 0.1) is 34.5 Å². The molecule has 3 rings (SSSR count). The first-order valence-corrected chi connectivity index (χ1v) is 9.59. The molecule has 1 aliphatic carbocycles. The molecule has 0 fully saturated rings. The number of rotatable bonds is 8. The summed E-state index contributed by atoms with van der Waals surface area (Å²) in [6.45, 7) is 0.521. The number of hydrogen-bond acceptors (Lipinski definition) is 5. The Balaban J connectivity index is 1.55. The normalized spacial score (nSPS) is 14.7. The molecule has 2 aromatic carbocycles. The molecule has 29 heavy (non-hydrogen) atoms. The van der Waals surface area contributed by atoms with Crippen molar-refractivity contribution in [3.8, 4) is 23.0 Å². The minimum Gasteiger partial charge on any atom is -0.493 e. The number of benzene rings is 2. The Labute approximate surface area is 171 Å². The minimum atomic E-state index is -0.182. The van der Waals surface area contributed by atoms with Crippen LogP contribution in [0.25, 0.3) is 0 Å². The lowest BCUT2D eigenvalue weighted by atomic mass is 10.1. The number of nitrogens with one attached hydrogen (secondary N) is 2. The molecule has 0 spiro atoms. The van der Waals surface area contributed by atoms with E-state index >= 15 is 0 Å². The molecule has 2 aromatic rings. The van der Waals surface area contributed by atoms with Gasteiger partial charge in [0.15, 0.2) is 23.0 Å². The minimum absolute atomic E-state index is 0.0362. The first-order chi connectivity index (χ1) is 14.1. The highest BCUT2D eigenvalue weighted by Crippen LogP contribution is 2.39. The van der Waals surface area contributed by atoms with Gasteiger partial charge in [-0.15, -0.1) is 0 Å². The van der Waals surface area contributed by atoms with Gasteiger partial charge < -0.3 is 29.6 Å². The number of methoxy groups -OCH3 is 4. The number of ether oxygens (including phenoxy) is 4. The van der Waals surface area contributed by atoms with Crippen molar-refractivity contribution in [1.82, 2.24) is 10.6 Å². The Morgan fingerprint density at radius 1 is 0.931 bits per heavy atom. The predicted molar refractivity (Wildman–Crippen MR) is 110 cm³/mol. The van der Waals surface area contributed by atoms with Crippen LogP contribution in [0.5, 0.6) is 23.0 Å². The van der Waals surface area contributed by atoms with Crippen LogP contribution in [0.2, 0.25) is 0 Å². The van der Waals surface area contributed by atoms with Crippen molar-refractivity contribution in [1.29, 1.82) is 0 Å². The maximum Gasteiger partial charge on any atom is 0.315 e. The molecule has 2 amide bonds. The quantitative estimate of drug-likeness (QED) is 0.711. The summed E-state index contributed by atoms with van der Waals surface area (Å²) in [4.78, 5) is 12.4. The number of fused-ring (bicyclic) bond motifs is 1. The zero-order valence-electron chi connectivity index (χ0n) is 17.3. The van der Waals surface area contributed by atoms with Crippen molar-refractivity contribution in [2.24, 2.45) is 0 Å². The number of hydrogen-bond donors (Lipinski definition) is 2. The second kappa shape index (κ2) is 9.41. The van der Waals surface area contributed by atoms with E-state index in [4.69, 9.17) is 18.9 Å². The number of carbonyl (C=O) groups excluding carboxylic acids is 1. The molecule has 7 nitrogen and oxygen atoms in total. The van der Waals surface area contributed by atoms with Crippen LogP contribution in [-0.2, 0) is 12.8 Å². The highest BCUT2D eigenvalue weighted by Gasteiger charge is 2.26. The van der Waals surface area contributed by atoms with E-state index in [1.807, 2.05) is 30.3 Å². The molecule has 0 saturated carbocycles. The van der Waals surface area contributed by atoms with Crippen molar-refractivity contribution >= 4 is 6.03 Å². The summed E-state index contributed by atoms with van der Waals surface area (Å²) >= 11 is 0. The fourth-order valence-electron chi connectivity index (χ4n) is 3.65. The van der Waals surface area contributed by atoms with E-state index in [0.29, 0.717) is 36.0 Å². The lowest BCUT2D eigenvalue weighted by Gasteiger charge is -2.17. The Morgan fingerprint density at radius 2 is 1.59 bits per heavy atom. The number of carbonyl (C=O) groups is 1. The summed E-state index contributed by atoms with van der Waals surface area (Å²) in [5.41, 5.74) is 3.32. The molecule has 0 aromatic heterocycles. The van der Waals surface area contributed by atoms with Crippen molar-refractivity contribution < 1.29 is 23.7 Å². The summed E-state index contributed by atoms with van der Waals surface area (Å²) in [7, 11) is 6.46. The Bertz CT molecular complexity index is 869. The van der Waals surface area contributed by atoms with Crippen LogP contribution in [0, 0.1) is 0 Å². The maximum atomic E-state index is 12.4. The monoisotopic (exact) mass is 400 g/mol. The van der Waals surface area contributed by atoms with E-state index < -0.39 is 0 Å². The largest absolute Gasteiger partial charge is 0.493 e. The van der Waals surface area contributed by atoms with E-state index in [-0.39, 0.29) is 12.1 Å². The van der Waals surface area contributed by atoms with Crippen LogP contribution < -0.4 is 29.6 Å². The van der Waals surface area contributed by atoms with Crippen molar-refractivity contribution in [3.05, 3.63) is 47.0 Å². The number of aryl methyl sites for hydroxylation is 1. The van der Waals surface area contributed by atoms with Crippen LogP contribution in [0.3, 0.4) is 0 Å². The van der Waals surface area contributed by atoms with Gasteiger partial charge in [-0.25, -0.2) is 4.79 Å². The Morgan fingerprint density at radius 3 is 2.28 bits per heavy atom. The maximum absolute atomic E-state index is 12.4. The van der Waals surface area contributed by atoms with Crippen molar-refractivity contribution in [2.75, 3.05) is 35.0 Å². The Kier molecular flexibility index (Phi) is 6.69. The number of urea groups is 1. The summed E-state index contributed by atoms with van der Waals surface area (Å²) in [6, 6.07) is 9.48. The standard InChI is InChI=1S/C22H28N2O5/c1-26-18-8-5-14(11-19(18)27-2)9-10-23-22(25)24-17-7-6-15-12-20(28-3)21(29-4)13-16(15)17/h5,8,11-13,17H,6-7,9-10H2,1-4H3,(H2,23,24,25)/t17-/m0/s1. The second-order valence-electron chi connectivity index (χ2n) is 6.84. The van der Waals surface area contributed by atoms with Crippen LogP contribution in [0.4, 0.5) is 4.79 Å². The first-order valence-electron chi connectivity index (χ1n) is 9.59. The molecule has 0 unspecified atom stereocenters. The molecule has 1 aliphatic rings. The van der Waals surface area contributed by atoms with Gasteiger partial charge in [0.1, 0.15) is 0 Å². The molecule has 0 aliphatic heterocycles. The second-order valence-corrected chi connectivity index (χ2v) is 6.84. The fourth-order valence-corrected chi connectivity index (χ4v) is 3.65. The summed E-state index contributed by atoms with van der Waals surface area (Å²) in [5, 5.41) is 5.99. The SMILES string of the molecule is COc1ccc(CCNC(=O)N[C@H]2CCc3cc(OC)c(OC)cc32)cc1OC. The van der Waals surface area contributed by atoms with Gasteiger partial charge in [0.2, 0.25) is 0 Å². The lowest BCUT2D eigenvalue weighted by Crippen LogP contribution is -2.38. The molecule has 7 heteroatoms. The average Bonchev–Trinajstić information content (AvgIpc) is 3.13. The highest BCUT2D eigenvalue weighted by molar-refractivity contribution is 5.74. The third-order valence-corrected chi connectivity index (χ3v) is 5.18. The highest BCUT2D eigenvalue weighted by atomic mass is 16.5. The van der Waals surface area contributed by atoms with Gasteiger partial charge in [-0.05, 0) is 60.2 Å². The topological polar surface area (TPSA) is 78.1 Å². The summed E-state index contributed by atoms with van der Waals surface area (Å²) in [5.74, 6) is 2.76. The van der Waals surface area contributed by atoms with Gasteiger partial charge >= 0.3 is 6.03 Å². The fraction of sp³-hybridized carbons (Fsp3) is 0.409. The van der Waals surface area contributed by atoms with Gasteiger partial charge in [-0.2, -0.15) is 0 Å². The predicted octanol–water partition coefficient (Wildman–Crippen LogP) is 3.25. The molecular formula is C22H28N2O5. The van der Waals surface area contributed by atoms with E-state index in [0.717, 1.165) is 24.0 Å². The smallest absolute Gasteiger partial charge is 0.315 e. The van der Waals surface area contributed by atoms with Gasteiger partial charge in [0, 0.05) is 6.54 Å². The molecular weight excluding hydrogens is 372 g/mol. The zero-order valence-corrected chi connectivity index (χ0v) is 17.3. The molecule has 1 atom stereocenters. The van der Waals surface area contributed by atoms with E-state index in [9.17, 15) is 4.79 Å². The molecule has 0 bridgehead atoms. The Hall–Kier alpha value is -3.09. The lowest BCUT2D eigenvalue weighted by molar-refractivity contribution is 0.237. The molecule has 156 valence electrons. The zero-order chi connectivity index (χ0) is 20.8. The van der Waals surface area contributed by atoms with Gasteiger partial charge in [-0.1, -0.05) is 6.07 Å². The molecule has 0 saturated heterocycles. The third-order valence-electron chi connectivity index (χ3n) is 5.18. The first kappa shape index (κ1) is 20.6. The molecule has 0 heterocycles.